The Morgan fingerprint density at radius 1 is 1.52 bits per heavy atom. The van der Waals surface area contributed by atoms with Crippen molar-refractivity contribution in [1.82, 2.24) is 5.32 Å². The normalized spacial score (nSPS) is 13.9. The smallest absolute Gasteiger partial charge is 0.263 e. The maximum atomic E-state index is 12.3. The molecule has 0 saturated carbocycles. The number of hydrogen-bond donors (Lipinski definition) is 2. The molecule has 2 unspecified atom stereocenters. The van der Waals surface area contributed by atoms with Gasteiger partial charge in [0.05, 0.1) is 12.8 Å². The number of hydrogen-bond acceptors (Lipinski definition) is 5. The minimum atomic E-state index is -0.952. The van der Waals surface area contributed by atoms with Crippen molar-refractivity contribution in [2.45, 2.75) is 13.0 Å². The number of methoxy groups -OCH3 is 1. The van der Waals surface area contributed by atoms with Crippen LogP contribution in [0.15, 0.2) is 18.2 Å². The number of nitrogens with one attached hydrogen (secondary N) is 1. The Morgan fingerprint density at radius 2 is 2.24 bits per heavy atom. The lowest BCUT2D eigenvalue weighted by Gasteiger charge is -2.11. The van der Waals surface area contributed by atoms with Gasteiger partial charge in [-0.25, -0.2) is 0 Å². The largest absolute Gasteiger partial charge is 0.497 e. The lowest BCUT2D eigenvalue weighted by Crippen LogP contribution is -2.36. The second kappa shape index (κ2) is 6.44. The van der Waals surface area contributed by atoms with Gasteiger partial charge in [-0.15, -0.1) is 11.3 Å². The van der Waals surface area contributed by atoms with Gasteiger partial charge in [-0.3, -0.25) is 9.00 Å². The summed E-state index contributed by atoms with van der Waals surface area (Å²) in [6, 6.07) is 5.36. The van der Waals surface area contributed by atoms with Crippen LogP contribution in [0.3, 0.4) is 0 Å². The predicted molar refractivity (Wildman–Crippen MR) is 88.7 cm³/mol. The zero-order valence-electron chi connectivity index (χ0n) is 12.1. The molecule has 21 heavy (non-hydrogen) atoms. The first-order valence-electron chi connectivity index (χ1n) is 6.39. The third-order valence-corrected chi connectivity index (χ3v) is 5.14. The molecule has 0 fully saturated rings. The summed E-state index contributed by atoms with van der Waals surface area (Å²) in [6.45, 7) is 1.83. The van der Waals surface area contributed by atoms with Gasteiger partial charge in [0.2, 0.25) is 0 Å². The molecule has 7 heteroatoms. The van der Waals surface area contributed by atoms with E-state index in [0.717, 1.165) is 15.8 Å². The van der Waals surface area contributed by atoms with Crippen molar-refractivity contribution < 1.29 is 13.7 Å². The van der Waals surface area contributed by atoms with E-state index < -0.39 is 10.8 Å². The summed E-state index contributed by atoms with van der Waals surface area (Å²) in [4.78, 5) is 12.7. The van der Waals surface area contributed by atoms with Gasteiger partial charge in [0, 0.05) is 38.9 Å². The van der Waals surface area contributed by atoms with Crippen LogP contribution < -0.4 is 15.8 Å². The number of nitrogen functional groups attached to an aromatic ring is 1. The summed E-state index contributed by atoms with van der Waals surface area (Å²) in [5.74, 6) is 0.917. The Bertz CT molecular complexity index is 697. The van der Waals surface area contributed by atoms with Crippen LogP contribution in [-0.2, 0) is 10.8 Å². The van der Waals surface area contributed by atoms with E-state index >= 15 is 0 Å². The predicted octanol–water partition coefficient (Wildman–Crippen LogP) is 1.99. The molecule has 0 aliphatic rings. The van der Waals surface area contributed by atoms with Gasteiger partial charge in [-0.1, -0.05) is 0 Å². The SMILES string of the molecule is COc1ccc2c(N)c(C(=O)NC(C)CS(C)=O)sc2c1. The summed E-state index contributed by atoms with van der Waals surface area (Å²) in [5, 5.41) is 3.67. The van der Waals surface area contributed by atoms with Crippen LogP contribution in [0.25, 0.3) is 10.1 Å². The van der Waals surface area contributed by atoms with E-state index in [-0.39, 0.29) is 11.9 Å². The standard InChI is InChI=1S/C14H18N2O3S2/c1-8(7-21(3)18)16-14(17)13-12(15)10-5-4-9(19-2)6-11(10)20-13/h4-6,8H,7,15H2,1-3H3,(H,16,17). The van der Waals surface area contributed by atoms with E-state index in [9.17, 15) is 9.00 Å². The number of rotatable bonds is 5. The quantitative estimate of drug-likeness (QED) is 0.880. The number of amides is 1. The number of thiophene rings is 1. The van der Waals surface area contributed by atoms with E-state index in [0.29, 0.717) is 16.3 Å². The molecule has 1 amide bonds. The molecule has 0 aliphatic heterocycles. The Balaban J connectivity index is 2.27. The maximum Gasteiger partial charge on any atom is 0.263 e. The lowest BCUT2D eigenvalue weighted by molar-refractivity contribution is 0.0948. The van der Waals surface area contributed by atoms with Crippen LogP contribution in [0.4, 0.5) is 5.69 Å². The van der Waals surface area contributed by atoms with Crippen molar-refractivity contribution in [3.05, 3.63) is 23.1 Å². The van der Waals surface area contributed by atoms with Gasteiger partial charge in [0.25, 0.3) is 5.91 Å². The van der Waals surface area contributed by atoms with Gasteiger partial charge in [-0.05, 0) is 25.1 Å². The van der Waals surface area contributed by atoms with Crippen LogP contribution in [0.1, 0.15) is 16.6 Å². The summed E-state index contributed by atoms with van der Waals surface area (Å²) in [6.07, 6.45) is 1.61. The minimum Gasteiger partial charge on any atom is -0.497 e. The summed E-state index contributed by atoms with van der Waals surface area (Å²) >= 11 is 1.33. The van der Waals surface area contributed by atoms with Gasteiger partial charge in [0.15, 0.2) is 0 Å². The average Bonchev–Trinajstić information content (AvgIpc) is 2.74. The number of carbonyl (C=O) groups excluding carboxylic acids is 1. The molecular weight excluding hydrogens is 308 g/mol. The fraction of sp³-hybridized carbons (Fsp3) is 0.357. The molecule has 0 spiro atoms. The molecule has 0 bridgehead atoms. The van der Waals surface area contributed by atoms with E-state index in [1.54, 1.807) is 13.4 Å². The maximum absolute atomic E-state index is 12.3. The molecule has 114 valence electrons. The zero-order valence-corrected chi connectivity index (χ0v) is 13.8. The second-order valence-electron chi connectivity index (χ2n) is 4.82. The molecule has 0 radical (unpaired) electrons. The van der Waals surface area contributed by atoms with Crippen molar-refractivity contribution in [2.75, 3.05) is 24.9 Å². The third-order valence-electron chi connectivity index (χ3n) is 3.00. The minimum absolute atomic E-state index is 0.164. The van der Waals surface area contributed by atoms with Crippen molar-refractivity contribution >= 4 is 43.8 Å². The van der Waals surface area contributed by atoms with Gasteiger partial charge in [-0.2, -0.15) is 0 Å². The number of carbonyl (C=O) groups is 1. The van der Waals surface area contributed by atoms with Crippen molar-refractivity contribution in [3.63, 3.8) is 0 Å². The molecule has 2 atom stereocenters. The molecule has 1 heterocycles. The van der Waals surface area contributed by atoms with E-state index in [1.807, 2.05) is 25.1 Å². The first-order chi connectivity index (χ1) is 9.92. The van der Waals surface area contributed by atoms with Gasteiger partial charge >= 0.3 is 0 Å². The highest BCUT2D eigenvalue weighted by atomic mass is 32.2. The van der Waals surface area contributed by atoms with Crippen LogP contribution in [0.2, 0.25) is 0 Å². The molecule has 1 aromatic carbocycles. The summed E-state index contributed by atoms with van der Waals surface area (Å²) in [5.41, 5.74) is 6.53. The first kappa shape index (κ1) is 15.8. The molecule has 3 N–H and O–H groups in total. The number of ether oxygens (including phenoxy) is 1. The van der Waals surface area contributed by atoms with Crippen LogP contribution >= 0.6 is 11.3 Å². The first-order valence-corrected chi connectivity index (χ1v) is 8.93. The fourth-order valence-corrected chi connectivity index (χ4v) is 3.92. The van der Waals surface area contributed by atoms with E-state index in [1.165, 1.54) is 11.3 Å². The van der Waals surface area contributed by atoms with Crippen molar-refractivity contribution in [2.24, 2.45) is 0 Å². The zero-order chi connectivity index (χ0) is 15.6. The third kappa shape index (κ3) is 3.54. The molecule has 1 aromatic heterocycles. The Kier molecular flexibility index (Phi) is 4.84. The summed E-state index contributed by atoms with van der Waals surface area (Å²) in [7, 11) is 0.644. The highest BCUT2D eigenvalue weighted by Gasteiger charge is 2.18. The highest BCUT2D eigenvalue weighted by Crippen LogP contribution is 2.35. The van der Waals surface area contributed by atoms with E-state index in [4.69, 9.17) is 10.5 Å². The van der Waals surface area contributed by atoms with Crippen LogP contribution in [0.5, 0.6) is 5.75 Å². The Morgan fingerprint density at radius 3 is 2.86 bits per heavy atom. The Labute approximate surface area is 129 Å². The topological polar surface area (TPSA) is 81.4 Å². The number of nitrogens with two attached hydrogens (primary N) is 1. The van der Waals surface area contributed by atoms with Gasteiger partial charge in [0.1, 0.15) is 10.6 Å². The van der Waals surface area contributed by atoms with Crippen LogP contribution in [0, 0.1) is 0 Å². The Hall–Kier alpha value is -1.60. The average molecular weight is 326 g/mol. The van der Waals surface area contributed by atoms with Crippen molar-refractivity contribution in [1.29, 1.82) is 0 Å². The molecule has 2 aromatic rings. The molecule has 0 saturated heterocycles. The molecular formula is C14H18N2O3S2. The fourth-order valence-electron chi connectivity index (χ4n) is 2.08. The van der Waals surface area contributed by atoms with Crippen molar-refractivity contribution in [3.8, 4) is 5.75 Å². The van der Waals surface area contributed by atoms with Crippen LogP contribution in [-0.4, -0.2) is 35.3 Å². The lowest BCUT2D eigenvalue weighted by atomic mass is 10.2. The number of anilines is 1. The molecule has 2 rings (SSSR count). The number of fused-ring (bicyclic) bond motifs is 1. The summed E-state index contributed by atoms with van der Waals surface area (Å²) < 4.78 is 17.3. The second-order valence-corrected chi connectivity index (χ2v) is 7.35. The van der Waals surface area contributed by atoms with E-state index in [2.05, 4.69) is 5.32 Å². The molecule has 0 aliphatic carbocycles. The monoisotopic (exact) mass is 326 g/mol. The molecule has 5 nitrogen and oxygen atoms in total. The highest BCUT2D eigenvalue weighted by molar-refractivity contribution is 7.84. The van der Waals surface area contributed by atoms with Gasteiger partial charge < -0.3 is 15.8 Å². The number of benzene rings is 1.